The van der Waals surface area contributed by atoms with Gasteiger partial charge in [0.2, 0.25) is 5.71 Å². The van der Waals surface area contributed by atoms with Crippen molar-refractivity contribution < 1.29 is 8.53 Å². The number of hydrogen-bond donors (Lipinski definition) is 0. The first-order valence-corrected chi connectivity index (χ1v) is 11.7. The molecule has 6 aromatic rings. The average Bonchev–Trinajstić information content (AvgIpc) is 3.31. The van der Waals surface area contributed by atoms with Gasteiger partial charge in [0.1, 0.15) is 5.58 Å². The molecule has 0 atom stereocenters. The first kappa shape index (κ1) is 18.1. The van der Waals surface area contributed by atoms with Crippen LogP contribution in [0.4, 0.5) is 0 Å². The van der Waals surface area contributed by atoms with Crippen LogP contribution in [0.5, 0.6) is 0 Å². The smallest absolute Gasteiger partial charge is 0.227 e. The number of fused-ring (bicyclic) bond motifs is 3. The Hall–Kier alpha value is -4.24. The number of nitrogens with zero attached hydrogens (tertiary/aromatic N) is 2. The molecule has 3 heteroatoms. The standard InChI is InChI=1S/C32H26N2O/c1-21-19-33-27(18-25(21)22-12-6-4-7-13-22)26-20-34-31-29(24-16-10-11-17-28(24)35-31)30(26)32(2,3)23-14-8-5-9-15-23/h4-20H,1-3H3/i1D3. The van der Waals surface area contributed by atoms with Gasteiger partial charge in [0, 0.05) is 32.9 Å². The highest BCUT2D eigenvalue weighted by atomic mass is 16.3. The first-order valence-electron chi connectivity index (χ1n) is 13.2. The van der Waals surface area contributed by atoms with E-state index in [9.17, 15) is 0 Å². The summed E-state index contributed by atoms with van der Waals surface area (Å²) in [7, 11) is 0. The van der Waals surface area contributed by atoms with Crippen LogP contribution < -0.4 is 0 Å². The highest BCUT2D eigenvalue weighted by Gasteiger charge is 2.31. The number of para-hydroxylation sites is 1. The van der Waals surface area contributed by atoms with E-state index in [-0.39, 0.29) is 5.56 Å². The average molecular weight is 458 g/mol. The van der Waals surface area contributed by atoms with E-state index < -0.39 is 12.3 Å². The van der Waals surface area contributed by atoms with E-state index in [0.29, 0.717) is 17.0 Å². The molecule has 3 heterocycles. The maximum atomic E-state index is 8.14. The fourth-order valence-corrected chi connectivity index (χ4v) is 4.99. The van der Waals surface area contributed by atoms with Gasteiger partial charge in [-0.3, -0.25) is 4.98 Å². The normalized spacial score (nSPS) is 13.5. The SMILES string of the molecule is [2H]C([2H])([2H])c1cnc(-c2cnc3oc4ccccc4c3c2C(C)(C)c2ccccc2)cc1-c1ccccc1. The second-order valence-electron chi connectivity index (χ2n) is 9.30. The molecule has 35 heavy (non-hydrogen) atoms. The zero-order chi connectivity index (χ0) is 26.5. The predicted octanol–water partition coefficient (Wildman–Crippen LogP) is 8.34. The van der Waals surface area contributed by atoms with Crippen LogP contribution >= 0.6 is 0 Å². The second kappa shape index (κ2) is 8.21. The fraction of sp³-hybridized carbons (Fsp3) is 0.125. The van der Waals surface area contributed by atoms with Gasteiger partial charge in [0.15, 0.2) is 0 Å². The van der Waals surface area contributed by atoms with Crippen molar-refractivity contribution in [1.29, 1.82) is 0 Å². The molecule has 0 radical (unpaired) electrons. The zero-order valence-corrected chi connectivity index (χ0v) is 19.6. The molecule has 6 rings (SSSR count). The maximum Gasteiger partial charge on any atom is 0.227 e. The van der Waals surface area contributed by atoms with Gasteiger partial charge in [-0.1, -0.05) is 92.7 Å². The molecule has 0 amide bonds. The number of aryl methyl sites for hydroxylation is 1. The highest BCUT2D eigenvalue weighted by Crippen LogP contribution is 2.44. The molecule has 0 saturated heterocycles. The Labute approximate surface area is 209 Å². The number of hydrogen-bond acceptors (Lipinski definition) is 3. The molecular weight excluding hydrogens is 428 g/mol. The summed E-state index contributed by atoms with van der Waals surface area (Å²) in [6, 6.07) is 29.8. The van der Waals surface area contributed by atoms with Crippen LogP contribution in [0.3, 0.4) is 0 Å². The lowest BCUT2D eigenvalue weighted by Gasteiger charge is -2.29. The number of benzene rings is 3. The van der Waals surface area contributed by atoms with Crippen LogP contribution in [0.15, 0.2) is 108 Å². The van der Waals surface area contributed by atoms with Gasteiger partial charge in [-0.2, -0.15) is 0 Å². The Balaban J connectivity index is 1.70. The van der Waals surface area contributed by atoms with Gasteiger partial charge in [-0.05, 0) is 46.8 Å². The summed E-state index contributed by atoms with van der Waals surface area (Å²) in [5, 5.41) is 1.92. The molecule has 0 N–H and O–H groups in total. The van der Waals surface area contributed by atoms with Gasteiger partial charge >= 0.3 is 0 Å². The summed E-state index contributed by atoms with van der Waals surface area (Å²) in [6.07, 6.45) is 3.29. The summed E-state index contributed by atoms with van der Waals surface area (Å²) in [5.74, 6) is 0. The Morgan fingerprint density at radius 2 is 1.49 bits per heavy atom. The number of pyridine rings is 2. The van der Waals surface area contributed by atoms with Crippen molar-refractivity contribution in [2.24, 2.45) is 0 Å². The molecule has 170 valence electrons. The van der Waals surface area contributed by atoms with Crippen molar-refractivity contribution >= 4 is 22.1 Å². The minimum Gasteiger partial charge on any atom is -0.438 e. The highest BCUT2D eigenvalue weighted by molar-refractivity contribution is 6.08. The van der Waals surface area contributed by atoms with Gasteiger partial charge < -0.3 is 4.42 Å². The van der Waals surface area contributed by atoms with Crippen LogP contribution in [0, 0.1) is 6.85 Å². The van der Waals surface area contributed by atoms with Crippen molar-refractivity contribution in [3.8, 4) is 22.4 Å². The van der Waals surface area contributed by atoms with E-state index in [1.807, 2.05) is 72.8 Å². The Morgan fingerprint density at radius 1 is 0.771 bits per heavy atom. The van der Waals surface area contributed by atoms with Gasteiger partial charge in [0.25, 0.3) is 0 Å². The van der Waals surface area contributed by atoms with Crippen molar-refractivity contribution in [2.45, 2.75) is 26.1 Å². The largest absolute Gasteiger partial charge is 0.438 e. The minimum atomic E-state index is -2.30. The molecule has 0 aliphatic heterocycles. The molecule has 0 bridgehead atoms. The Kier molecular flexibility index (Phi) is 4.25. The number of rotatable bonds is 4. The van der Waals surface area contributed by atoms with E-state index >= 15 is 0 Å². The molecular formula is C32H26N2O. The monoisotopic (exact) mass is 457 g/mol. The molecule has 0 fully saturated rings. The molecule has 0 unspecified atom stereocenters. The predicted molar refractivity (Wildman–Crippen MR) is 143 cm³/mol. The minimum absolute atomic E-state index is 0.221. The van der Waals surface area contributed by atoms with E-state index in [1.165, 1.54) is 6.20 Å². The lowest BCUT2D eigenvalue weighted by atomic mass is 9.74. The third-order valence-corrected chi connectivity index (χ3v) is 6.79. The summed E-state index contributed by atoms with van der Waals surface area (Å²) < 4.78 is 30.6. The number of aromatic nitrogens is 2. The first-order chi connectivity index (χ1) is 18.2. The van der Waals surface area contributed by atoms with Gasteiger partial charge in [-0.15, -0.1) is 0 Å². The molecule has 3 aromatic heterocycles. The van der Waals surface area contributed by atoms with Crippen LogP contribution in [-0.2, 0) is 5.41 Å². The van der Waals surface area contributed by atoms with Crippen molar-refractivity contribution in [1.82, 2.24) is 9.97 Å². The lowest BCUT2D eigenvalue weighted by molar-refractivity contribution is 0.637. The van der Waals surface area contributed by atoms with E-state index in [4.69, 9.17) is 18.5 Å². The van der Waals surface area contributed by atoms with Crippen LogP contribution in [0.2, 0.25) is 0 Å². The number of furan rings is 1. The maximum absolute atomic E-state index is 8.14. The van der Waals surface area contributed by atoms with Crippen molar-refractivity contribution in [2.75, 3.05) is 0 Å². The third kappa shape index (κ3) is 3.52. The molecule has 0 aliphatic carbocycles. The second-order valence-corrected chi connectivity index (χ2v) is 9.30. The van der Waals surface area contributed by atoms with E-state index in [1.54, 1.807) is 6.20 Å². The topological polar surface area (TPSA) is 38.9 Å². The summed E-state index contributed by atoms with van der Waals surface area (Å²) in [4.78, 5) is 9.43. The summed E-state index contributed by atoms with van der Waals surface area (Å²) in [5.41, 5.74) is 6.26. The molecule has 0 saturated carbocycles. The Morgan fingerprint density at radius 3 is 2.26 bits per heavy atom. The van der Waals surface area contributed by atoms with E-state index in [0.717, 1.165) is 38.6 Å². The molecule has 0 spiro atoms. The summed E-state index contributed by atoms with van der Waals surface area (Å²) >= 11 is 0. The Bertz CT molecular complexity index is 1770. The quantitative estimate of drug-likeness (QED) is 0.267. The van der Waals surface area contributed by atoms with E-state index in [2.05, 4.69) is 32.0 Å². The van der Waals surface area contributed by atoms with Crippen LogP contribution in [0.1, 0.15) is 34.7 Å². The molecule has 3 aromatic carbocycles. The van der Waals surface area contributed by atoms with Crippen molar-refractivity contribution in [3.63, 3.8) is 0 Å². The molecule has 3 nitrogen and oxygen atoms in total. The lowest BCUT2D eigenvalue weighted by Crippen LogP contribution is -2.21. The zero-order valence-electron chi connectivity index (χ0n) is 22.6. The molecule has 0 aliphatic rings. The van der Waals surface area contributed by atoms with Gasteiger partial charge in [0.05, 0.1) is 11.1 Å². The van der Waals surface area contributed by atoms with Crippen LogP contribution in [0.25, 0.3) is 44.5 Å². The summed E-state index contributed by atoms with van der Waals surface area (Å²) in [6.45, 7) is 2.08. The van der Waals surface area contributed by atoms with Crippen molar-refractivity contribution in [3.05, 3.63) is 120 Å². The fourth-order valence-electron chi connectivity index (χ4n) is 4.99. The van der Waals surface area contributed by atoms with Crippen LogP contribution in [-0.4, -0.2) is 9.97 Å². The third-order valence-electron chi connectivity index (χ3n) is 6.79. The van der Waals surface area contributed by atoms with Gasteiger partial charge in [-0.25, -0.2) is 4.98 Å².